The van der Waals surface area contributed by atoms with Crippen LogP contribution in [0.3, 0.4) is 0 Å². The molecule has 250 valence electrons. The van der Waals surface area contributed by atoms with Crippen LogP contribution in [0.25, 0.3) is 37.0 Å². The van der Waals surface area contributed by atoms with Crippen molar-refractivity contribution < 1.29 is 22.6 Å². The van der Waals surface area contributed by atoms with Gasteiger partial charge in [-0.1, -0.05) is 17.7 Å². The number of nitrogen functional groups attached to an aromatic ring is 1. The molecule has 0 bridgehead atoms. The van der Waals surface area contributed by atoms with E-state index in [1.165, 1.54) is 18.3 Å². The number of alkyl halides is 1. The van der Waals surface area contributed by atoms with Crippen LogP contribution in [-0.2, 0) is 13.6 Å². The number of fused-ring (bicyclic) bond motifs is 2. The fourth-order valence-corrected chi connectivity index (χ4v) is 8.77. The Labute approximate surface area is 287 Å². The Morgan fingerprint density at radius 3 is 2.92 bits per heavy atom. The molecule has 11 nitrogen and oxygen atoms in total. The number of thiophene rings is 1. The van der Waals surface area contributed by atoms with Crippen LogP contribution in [-0.4, -0.2) is 69.2 Å². The van der Waals surface area contributed by atoms with Crippen molar-refractivity contribution in [3.05, 3.63) is 57.7 Å². The number of aromatic nitrogens is 4. The number of nitriles is 1. The van der Waals surface area contributed by atoms with Crippen LogP contribution in [0, 0.1) is 29.5 Å². The van der Waals surface area contributed by atoms with E-state index in [0.717, 1.165) is 30.7 Å². The zero-order valence-corrected chi connectivity index (χ0v) is 27.6. The summed E-state index contributed by atoms with van der Waals surface area (Å²) in [5, 5.41) is 14.4. The van der Waals surface area contributed by atoms with Crippen LogP contribution >= 0.6 is 22.9 Å². The van der Waals surface area contributed by atoms with E-state index in [9.17, 15) is 14.0 Å². The van der Waals surface area contributed by atoms with Gasteiger partial charge in [0, 0.05) is 31.0 Å². The molecule has 3 aliphatic rings. The molecule has 0 radical (unpaired) electrons. The molecule has 6 heterocycles. The summed E-state index contributed by atoms with van der Waals surface area (Å²) in [6.45, 7) is 9.35. The molecule has 2 saturated heterocycles. The first-order valence-electron chi connectivity index (χ1n) is 15.6. The van der Waals surface area contributed by atoms with E-state index in [4.69, 9.17) is 38.4 Å². The lowest BCUT2D eigenvalue weighted by Gasteiger charge is -2.31. The van der Waals surface area contributed by atoms with Crippen molar-refractivity contribution in [2.24, 2.45) is 7.05 Å². The van der Waals surface area contributed by atoms with E-state index in [0.29, 0.717) is 24.3 Å². The molecule has 8 rings (SSSR count). The Balaban J connectivity index is 1.34. The molecule has 2 aromatic carbocycles. The number of anilines is 2. The minimum absolute atomic E-state index is 0.00492. The van der Waals surface area contributed by atoms with Crippen molar-refractivity contribution in [1.29, 1.82) is 5.26 Å². The van der Waals surface area contributed by atoms with Gasteiger partial charge < -0.3 is 20.1 Å². The summed E-state index contributed by atoms with van der Waals surface area (Å²) in [6.07, 6.45) is 2.47. The van der Waals surface area contributed by atoms with Crippen molar-refractivity contribution in [2.45, 2.75) is 37.5 Å². The van der Waals surface area contributed by atoms with Gasteiger partial charge in [0.05, 0.1) is 57.8 Å². The Kier molecular flexibility index (Phi) is 7.48. The Hall–Kier alpha value is -4.83. The number of hydrogen-bond acceptors (Lipinski definition) is 10. The van der Waals surface area contributed by atoms with Crippen LogP contribution in [0.4, 0.5) is 29.7 Å². The SMILES string of the molecule is [C-]#[N+]c1cnn(C)c1CN1CCOc2c(Cl)c(-c3ccc(F)c4sc(N)c(C#N)c34)c(F)c3nc(OC[C@@]45CCCN4C[C@H](F)C5)nc1c23. The summed E-state index contributed by atoms with van der Waals surface area (Å²) in [5.74, 6) is -1.12. The third-order valence-corrected chi connectivity index (χ3v) is 11.2. The molecular formula is C33H27ClF3N9O2S. The number of halogens is 4. The second-order valence-electron chi connectivity index (χ2n) is 12.5. The molecule has 2 atom stereocenters. The number of nitrogens with zero attached hydrogens (tertiary/aromatic N) is 8. The first-order valence-corrected chi connectivity index (χ1v) is 16.7. The lowest BCUT2D eigenvalue weighted by atomic mass is 9.95. The molecule has 49 heavy (non-hydrogen) atoms. The molecule has 5 aromatic rings. The van der Waals surface area contributed by atoms with Crippen molar-refractivity contribution >= 4 is 60.4 Å². The van der Waals surface area contributed by atoms with E-state index in [-0.39, 0.29) is 91.6 Å². The van der Waals surface area contributed by atoms with Crippen molar-refractivity contribution in [3.8, 4) is 29.0 Å². The molecule has 0 saturated carbocycles. The number of nitrogens with two attached hydrogens (primary N) is 1. The highest BCUT2D eigenvalue weighted by atomic mass is 35.5. The van der Waals surface area contributed by atoms with E-state index >= 15 is 4.39 Å². The van der Waals surface area contributed by atoms with Gasteiger partial charge in [0.25, 0.3) is 0 Å². The maximum Gasteiger partial charge on any atom is 0.319 e. The summed E-state index contributed by atoms with van der Waals surface area (Å²) >= 11 is 7.89. The topological polar surface area (TPSA) is 123 Å². The molecule has 0 spiro atoms. The standard InChI is InChI=1S/C33H27ClF3N9O2S/c1-40-20-12-41-44(2)21(20)14-45-8-9-47-28-24-27(42-32(43-31(24)45)48-15-33-6-3-7-46(33)13-16(35)10-33)26(37)23(25(28)34)17-4-5-19(36)29-22(17)18(11-38)30(39)49-29/h4-5,12,16H,3,6-10,13-15,39H2,2H3/t16-,33+/m1/s1. The summed E-state index contributed by atoms with van der Waals surface area (Å²) in [4.78, 5) is 16.8. The zero-order chi connectivity index (χ0) is 34.2. The number of benzene rings is 2. The molecule has 2 N–H and O–H groups in total. The third kappa shape index (κ3) is 4.82. The molecule has 3 aliphatic heterocycles. The smallest absolute Gasteiger partial charge is 0.319 e. The summed E-state index contributed by atoms with van der Waals surface area (Å²) in [6, 6.07) is 4.41. The predicted octanol–water partition coefficient (Wildman–Crippen LogP) is 6.54. The van der Waals surface area contributed by atoms with Crippen LogP contribution < -0.4 is 20.1 Å². The highest BCUT2D eigenvalue weighted by Gasteiger charge is 2.49. The lowest BCUT2D eigenvalue weighted by molar-refractivity contribution is 0.107. The average molecular weight is 706 g/mol. The first-order chi connectivity index (χ1) is 23.6. The number of ether oxygens (including phenoxy) is 2. The molecule has 0 aliphatic carbocycles. The molecule has 0 amide bonds. The van der Waals surface area contributed by atoms with E-state index in [2.05, 4.69) is 19.8 Å². The second kappa shape index (κ2) is 11.7. The average Bonchev–Trinajstić information content (AvgIpc) is 3.79. The third-order valence-electron chi connectivity index (χ3n) is 9.78. The minimum atomic E-state index is -0.976. The van der Waals surface area contributed by atoms with Gasteiger partial charge in [-0.15, -0.1) is 11.3 Å². The lowest BCUT2D eigenvalue weighted by Crippen LogP contribution is -2.43. The van der Waals surface area contributed by atoms with E-state index in [1.807, 2.05) is 11.0 Å². The summed E-state index contributed by atoms with van der Waals surface area (Å²) in [7, 11) is 1.72. The summed E-state index contributed by atoms with van der Waals surface area (Å²) < 4.78 is 60.9. The Bertz CT molecular complexity index is 2280. The van der Waals surface area contributed by atoms with E-state index < -0.39 is 23.3 Å². The van der Waals surface area contributed by atoms with Gasteiger partial charge >= 0.3 is 6.01 Å². The molecule has 0 unspecified atom stereocenters. The second-order valence-corrected chi connectivity index (χ2v) is 13.9. The maximum atomic E-state index is 17.2. The molecule has 3 aromatic heterocycles. The number of hydrogen-bond donors (Lipinski definition) is 1. The molecular weight excluding hydrogens is 679 g/mol. The van der Waals surface area contributed by atoms with Crippen molar-refractivity contribution in [2.75, 3.05) is 43.5 Å². The van der Waals surface area contributed by atoms with Crippen LogP contribution in [0.15, 0.2) is 18.3 Å². The Morgan fingerprint density at radius 1 is 1.29 bits per heavy atom. The normalized spacial score (nSPS) is 20.3. The van der Waals surface area contributed by atoms with Crippen molar-refractivity contribution in [3.63, 3.8) is 0 Å². The number of rotatable bonds is 6. The highest BCUT2D eigenvalue weighted by molar-refractivity contribution is 7.23. The van der Waals surface area contributed by atoms with Gasteiger partial charge in [-0.3, -0.25) is 9.58 Å². The fourth-order valence-electron chi connectivity index (χ4n) is 7.48. The molecule has 16 heteroatoms. The quantitative estimate of drug-likeness (QED) is 0.196. The van der Waals surface area contributed by atoms with Gasteiger partial charge in [0.1, 0.15) is 47.6 Å². The first kappa shape index (κ1) is 31.4. The van der Waals surface area contributed by atoms with Crippen molar-refractivity contribution in [1.82, 2.24) is 24.6 Å². The Morgan fingerprint density at radius 2 is 2.12 bits per heavy atom. The predicted molar refractivity (Wildman–Crippen MR) is 179 cm³/mol. The summed E-state index contributed by atoms with van der Waals surface area (Å²) in [5.41, 5.74) is 6.34. The van der Waals surface area contributed by atoms with Gasteiger partial charge in [-0.25, -0.2) is 18.0 Å². The van der Waals surface area contributed by atoms with Crippen LogP contribution in [0.1, 0.15) is 30.5 Å². The highest BCUT2D eigenvalue weighted by Crippen LogP contribution is 2.51. The van der Waals surface area contributed by atoms with Gasteiger partial charge in [-0.2, -0.15) is 20.3 Å². The van der Waals surface area contributed by atoms with Crippen LogP contribution in [0.2, 0.25) is 5.02 Å². The van der Waals surface area contributed by atoms with Gasteiger partial charge in [0.2, 0.25) is 5.69 Å². The van der Waals surface area contributed by atoms with E-state index in [1.54, 1.807) is 11.7 Å². The maximum absolute atomic E-state index is 17.2. The van der Waals surface area contributed by atoms with Crippen LogP contribution in [0.5, 0.6) is 11.8 Å². The fraction of sp³-hybridized carbons (Fsp3) is 0.364. The largest absolute Gasteiger partial charge is 0.489 e. The van der Waals surface area contributed by atoms with Gasteiger partial charge in [0.15, 0.2) is 11.6 Å². The number of aryl methyl sites for hydroxylation is 1. The monoisotopic (exact) mass is 705 g/mol. The van der Waals surface area contributed by atoms with Gasteiger partial charge in [-0.05, 0) is 31.0 Å². The molecule has 2 fully saturated rings. The zero-order valence-electron chi connectivity index (χ0n) is 26.1. The minimum Gasteiger partial charge on any atom is -0.489 e.